The molecular weight excluding hydrogens is 392 g/mol. The molecule has 6 heteroatoms. The van der Waals surface area contributed by atoms with Crippen molar-refractivity contribution in [3.05, 3.63) is 95.6 Å². The standard InChI is InChI=1S/C25H22N2O4/c1-17-13-22(18(2)27(17)21-11-7-4-8-12-21)23(28)16-30-24(29)14-20-15-31-25(26-20)19-9-5-3-6-10-19/h3-13,15H,14,16H2,1-2H3. The summed E-state index contributed by atoms with van der Waals surface area (Å²) in [7, 11) is 0. The Kier molecular flexibility index (Phi) is 5.80. The van der Waals surface area contributed by atoms with E-state index in [0.29, 0.717) is 17.1 Å². The van der Waals surface area contributed by atoms with Crippen LogP contribution in [0.4, 0.5) is 0 Å². The van der Waals surface area contributed by atoms with Crippen LogP contribution in [0.1, 0.15) is 27.4 Å². The van der Waals surface area contributed by atoms with Gasteiger partial charge in [-0.05, 0) is 44.2 Å². The minimum atomic E-state index is -0.530. The number of aryl methyl sites for hydroxylation is 1. The number of hydrogen-bond donors (Lipinski definition) is 0. The number of ether oxygens (including phenoxy) is 1. The molecule has 31 heavy (non-hydrogen) atoms. The first kappa shape index (κ1) is 20.3. The highest BCUT2D eigenvalue weighted by Crippen LogP contribution is 2.21. The molecule has 0 aliphatic rings. The Balaban J connectivity index is 1.38. The minimum absolute atomic E-state index is 0.0628. The van der Waals surface area contributed by atoms with Gasteiger partial charge in [0.05, 0.1) is 12.1 Å². The first-order chi connectivity index (χ1) is 15.0. The van der Waals surface area contributed by atoms with Gasteiger partial charge in [-0.1, -0.05) is 36.4 Å². The SMILES string of the molecule is Cc1cc(C(=O)COC(=O)Cc2coc(-c3ccccc3)n2)c(C)n1-c1ccccc1. The molecule has 0 radical (unpaired) electrons. The molecule has 0 spiro atoms. The number of carbonyl (C=O) groups excluding carboxylic acids is 2. The summed E-state index contributed by atoms with van der Waals surface area (Å²) in [5, 5.41) is 0. The first-order valence-corrected chi connectivity index (χ1v) is 9.96. The lowest BCUT2D eigenvalue weighted by Gasteiger charge is -2.09. The summed E-state index contributed by atoms with van der Waals surface area (Å²) in [4.78, 5) is 29.2. The van der Waals surface area contributed by atoms with E-state index in [1.165, 1.54) is 6.26 Å². The fraction of sp³-hybridized carbons (Fsp3) is 0.160. The molecule has 0 amide bonds. The number of nitrogens with zero attached hydrogens (tertiary/aromatic N) is 2. The monoisotopic (exact) mass is 414 g/mol. The van der Waals surface area contributed by atoms with Crippen molar-refractivity contribution < 1.29 is 18.7 Å². The molecule has 0 bridgehead atoms. The molecule has 0 aliphatic carbocycles. The topological polar surface area (TPSA) is 74.3 Å². The van der Waals surface area contributed by atoms with Crippen molar-refractivity contribution in [1.82, 2.24) is 9.55 Å². The highest BCUT2D eigenvalue weighted by molar-refractivity contribution is 5.99. The van der Waals surface area contributed by atoms with Crippen LogP contribution in [0, 0.1) is 13.8 Å². The summed E-state index contributed by atoms with van der Waals surface area (Å²) in [6.07, 6.45) is 1.37. The molecular formula is C25H22N2O4. The highest BCUT2D eigenvalue weighted by Gasteiger charge is 2.19. The first-order valence-electron chi connectivity index (χ1n) is 9.96. The molecule has 0 saturated carbocycles. The number of carbonyl (C=O) groups is 2. The van der Waals surface area contributed by atoms with Gasteiger partial charge < -0.3 is 13.7 Å². The van der Waals surface area contributed by atoms with Crippen LogP contribution in [-0.4, -0.2) is 27.9 Å². The second-order valence-corrected chi connectivity index (χ2v) is 7.23. The van der Waals surface area contributed by atoms with Crippen LogP contribution in [0.15, 0.2) is 77.4 Å². The summed E-state index contributed by atoms with van der Waals surface area (Å²) in [5.41, 5.74) is 4.56. The van der Waals surface area contributed by atoms with Crippen molar-refractivity contribution >= 4 is 11.8 Å². The van der Waals surface area contributed by atoms with E-state index in [2.05, 4.69) is 4.98 Å². The molecule has 0 saturated heterocycles. The van der Waals surface area contributed by atoms with Gasteiger partial charge in [0.15, 0.2) is 6.61 Å². The van der Waals surface area contributed by atoms with E-state index in [9.17, 15) is 9.59 Å². The van der Waals surface area contributed by atoms with E-state index in [4.69, 9.17) is 9.15 Å². The van der Waals surface area contributed by atoms with Crippen LogP contribution in [-0.2, 0) is 16.0 Å². The smallest absolute Gasteiger partial charge is 0.312 e. The second kappa shape index (κ2) is 8.83. The Morgan fingerprint density at radius 2 is 1.68 bits per heavy atom. The normalized spacial score (nSPS) is 10.8. The minimum Gasteiger partial charge on any atom is -0.457 e. The van der Waals surface area contributed by atoms with Gasteiger partial charge in [-0.2, -0.15) is 0 Å². The van der Waals surface area contributed by atoms with E-state index >= 15 is 0 Å². The average molecular weight is 414 g/mol. The molecule has 2 aromatic carbocycles. The van der Waals surface area contributed by atoms with Gasteiger partial charge in [0, 0.05) is 28.2 Å². The van der Waals surface area contributed by atoms with Crippen molar-refractivity contribution in [3.8, 4) is 17.1 Å². The van der Waals surface area contributed by atoms with Gasteiger partial charge in [0.25, 0.3) is 0 Å². The number of benzene rings is 2. The Labute approximate surface area is 180 Å². The maximum Gasteiger partial charge on any atom is 0.312 e. The van der Waals surface area contributed by atoms with Crippen molar-refractivity contribution in [3.63, 3.8) is 0 Å². The van der Waals surface area contributed by atoms with Crippen molar-refractivity contribution in [2.24, 2.45) is 0 Å². The lowest BCUT2D eigenvalue weighted by molar-refractivity contribution is -0.141. The summed E-state index contributed by atoms with van der Waals surface area (Å²) in [6, 6.07) is 21.0. The number of para-hydroxylation sites is 1. The maximum absolute atomic E-state index is 12.7. The fourth-order valence-electron chi connectivity index (χ4n) is 3.54. The van der Waals surface area contributed by atoms with Gasteiger partial charge >= 0.3 is 5.97 Å². The van der Waals surface area contributed by atoms with Crippen LogP contribution < -0.4 is 0 Å². The second-order valence-electron chi connectivity index (χ2n) is 7.23. The van der Waals surface area contributed by atoms with Crippen LogP contribution in [0.3, 0.4) is 0 Å². The number of ketones is 1. The summed E-state index contributed by atoms with van der Waals surface area (Å²) < 4.78 is 12.6. The number of oxazole rings is 1. The molecule has 4 rings (SSSR count). The Morgan fingerprint density at radius 3 is 2.39 bits per heavy atom. The summed E-state index contributed by atoms with van der Waals surface area (Å²) >= 11 is 0. The molecule has 156 valence electrons. The van der Waals surface area contributed by atoms with Crippen LogP contribution >= 0.6 is 0 Å². The fourth-order valence-corrected chi connectivity index (χ4v) is 3.54. The third kappa shape index (κ3) is 4.48. The number of esters is 1. The van der Waals surface area contributed by atoms with Crippen LogP contribution in [0.2, 0.25) is 0 Å². The average Bonchev–Trinajstić information content (AvgIpc) is 3.37. The lowest BCUT2D eigenvalue weighted by atomic mass is 10.1. The molecule has 0 N–H and O–H groups in total. The third-order valence-electron chi connectivity index (χ3n) is 5.01. The quantitative estimate of drug-likeness (QED) is 0.323. The predicted octanol–water partition coefficient (Wildman–Crippen LogP) is 4.72. The van der Waals surface area contributed by atoms with Crippen molar-refractivity contribution in [1.29, 1.82) is 0 Å². The molecule has 6 nitrogen and oxygen atoms in total. The molecule has 0 fully saturated rings. The zero-order chi connectivity index (χ0) is 21.8. The van der Waals surface area contributed by atoms with E-state index in [1.807, 2.05) is 85.1 Å². The van der Waals surface area contributed by atoms with Crippen LogP contribution in [0.5, 0.6) is 0 Å². The molecule has 2 heterocycles. The predicted molar refractivity (Wildman–Crippen MR) is 116 cm³/mol. The Morgan fingerprint density at radius 1 is 1.00 bits per heavy atom. The molecule has 0 atom stereocenters. The van der Waals surface area contributed by atoms with Crippen molar-refractivity contribution in [2.45, 2.75) is 20.3 Å². The summed E-state index contributed by atoms with van der Waals surface area (Å²) in [5.74, 6) is -0.334. The molecule has 2 aromatic heterocycles. The number of rotatable bonds is 7. The van der Waals surface area contributed by atoms with E-state index in [-0.39, 0.29) is 18.8 Å². The van der Waals surface area contributed by atoms with Gasteiger partial charge in [0.2, 0.25) is 11.7 Å². The Hall–Kier alpha value is -3.93. The molecule has 0 unspecified atom stereocenters. The molecule has 4 aromatic rings. The number of Topliss-reactive ketones (excluding diaryl/α,β-unsaturated/α-hetero) is 1. The van der Waals surface area contributed by atoms with Crippen LogP contribution in [0.25, 0.3) is 17.1 Å². The van der Waals surface area contributed by atoms with Gasteiger partial charge in [0.1, 0.15) is 6.26 Å². The van der Waals surface area contributed by atoms with Gasteiger partial charge in [-0.25, -0.2) is 4.98 Å². The zero-order valence-electron chi connectivity index (χ0n) is 17.4. The zero-order valence-corrected chi connectivity index (χ0v) is 17.4. The highest BCUT2D eigenvalue weighted by atomic mass is 16.5. The van der Waals surface area contributed by atoms with E-state index in [0.717, 1.165) is 22.6 Å². The van der Waals surface area contributed by atoms with E-state index < -0.39 is 5.97 Å². The van der Waals surface area contributed by atoms with Gasteiger partial charge in [-0.15, -0.1) is 0 Å². The lowest BCUT2D eigenvalue weighted by Crippen LogP contribution is -2.16. The third-order valence-corrected chi connectivity index (χ3v) is 5.01. The maximum atomic E-state index is 12.7. The summed E-state index contributed by atoms with van der Waals surface area (Å²) in [6.45, 7) is 3.51. The largest absolute Gasteiger partial charge is 0.457 e. The number of hydrogen-bond acceptors (Lipinski definition) is 5. The van der Waals surface area contributed by atoms with Gasteiger partial charge in [-0.3, -0.25) is 9.59 Å². The van der Waals surface area contributed by atoms with E-state index in [1.54, 1.807) is 0 Å². The number of aromatic nitrogens is 2. The Bertz CT molecular complexity index is 1210. The molecule has 0 aliphatic heterocycles. The van der Waals surface area contributed by atoms with Crippen molar-refractivity contribution in [2.75, 3.05) is 6.61 Å².